The summed E-state index contributed by atoms with van der Waals surface area (Å²) >= 11 is 0. The Balaban J connectivity index is 2.66. The lowest BCUT2D eigenvalue weighted by molar-refractivity contribution is -0.147. The van der Waals surface area contributed by atoms with E-state index in [4.69, 9.17) is 9.84 Å². The first kappa shape index (κ1) is 12.5. The van der Waals surface area contributed by atoms with Crippen LogP contribution < -0.4 is 4.74 Å². The number of methoxy groups -OCH3 is 1. The second-order valence-corrected chi connectivity index (χ2v) is 3.40. The van der Waals surface area contributed by atoms with Gasteiger partial charge in [0, 0.05) is 6.61 Å². The van der Waals surface area contributed by atoms with Crippen molar-refractivity contribution in [3.05, 3.63) is 29.8 Å². The Morgan fingerprint density at radius 3 is 2.88 bits per heavy atom. The summed E-state index contributed by atoms with van der Waals surface area (Å²) in [4.78, 5) is 11.1. The maximum absolute atomic E-state index is 11.1. The number of hydrogen-bond acceptors (Lipinski definition) is 4. The van der Waals surface area contributed by atoms with E-state index in [1.165, 1.54) is 7.11 Å². The van der Waals surface area contributed by atoms with Crippen LogP contribution in [0.3, 0.4) is 0 Å². The molecule has 0 aromatic heterocycles. The van der Waals surface area contributed by atoms with Crippen LogP contribution in [0.15, 0.2) is 24.3 Å². The monoisotopic (exact) mass is 224 g/mol. The van der Waals surface area contributed by atoms with E-state index in [0.717, 1.165) is 5.56 Å². The van der Waals surface area contributed by atoms with Gasteiger partial charge in [-0.2, -0.15) is 0 Å². The third kappa shape index (κ3) is 3.55. The Morgan fingerprint density at radius 2 is 2.25 bits per heavy atom. The predicted octanol–water partition coefficient (Wildman–Crippen LogP) is 1.16. The van der Waals surface area contributed by atoms with Crippen LogP contribution in [0.5, 0.6) is 5.75 Å². The fraction of sp³-hybridized carbons (Fsp3) is 0.417. The smallest absolute Gasteiger partial charge is 0.346 e. The minimum atomic E-state index is -0.630. The molecule has 1 atom stereocenters. The zero-order chi connectivity index (χ0) is 12.0. The summed E-state index contributed by atoms with van der Waals surface area (Å²) < 4.78 is 9.96. The van der Waals surface area contributed by atoms with Crippen molar-refractivity contribution in [2.24, 2.45) is 0 Å². The Hall–Kier alpha value is -1.55. The SMILES string of the molecule is COC(=O)[C@@H](C)Oc1cccc(CCO)c1. The van der Waals surface area contributed by atoms with Gasteiger partial charge in [-0.25, -0.2) is 4.79 Å². The molecule has 0 fully saturated rings. The molecule has 0 saturated heterocycles. The maximum atomic E-state index is 11.1. The van der Waals surface area contributed by atoms with Crippen LogP contribution in [0, 0.1) is 0 Å². The fourth-order valence-electron chi connectivity index (χ4n) is 1.32. The molecule has 1 aromatic rings. The number of benzene rings is 1. The zero-order valence-electron chi connectivity index (χ0n) is 9.47. The molecule has 1 rings (SSSR count). The van der Waals surface area contributed by atoms with E-state index in [0.29, 0.717) is 12.2 Å². The van der Waals surface area contributed by atoms with E-state index in [9.17, 15) is 4.79 Å². The van der Waals surface area contributed by atoms with Crippen LogP contribution in [0.2, 0.25) is 0 Å². The van der Waals surface area contributed by atoms with Crippen molar-refractivity contribution < 1.29 is 19.4 Å². The highest BCUT2D eigenvalue weighted by atomic mass is 16.6. The van der Waals surface area contributed by atoms with Crippen molar-refractivity contribution in [2.45, 2.75) is 19.4 Å². The van der Waals surface area contributed by atoms with Crippen molar-refractivity contribution in [2.75, 3.05) is 13.7 Å². The highest BCUT2D eigenvalue weighted by Gasteiger charge is 2.14. The molecule has 0 heterocycles. The minimum Gasteiger partial charge on any atom is -0.479 e. The molecule has 0 spiro atoms. The molecule has 1 aromatic carbocycles. The van der Waals surface area contributed by atoms with Gasteiger partial charge in [0.2, 0.25) is 0 Å². The van der Waals surface area contributed by atoms with Gasteiger partial charge in [-0.15, -0.1) is 0 Å². The van der Waals surface area contributed by atoms with Crippen molar-refractivity contribution >= 4 is 5.97 Å². The largest absolute Gasteiger partial charge is 0.479 e. The van der Waals surface area contributed by atoms with Crippen LogP contribution >= 0.6 is 0 Å². The van der Waals surface area contributed by atoms with E-state index in [1.807, 2.05) is 12.1 Å². The van der Waals surface area contributed by atoms with E-state index in [2.05, 4.69) is 4.74 Å². The molecule has 4 heteroatoms. The summed E-state index contributed by atoms with van der Waals surface area (Å²) in [6.45, 7) is 1.72. The summed E-state index contributed by atoms with van der Waals surface area (Å²) in [5, 5.41) is 8.80. The minimum absolute atomic E-state index is 0.0933. The highest BCUT2D eigenvalue weighted by molar-refractivity contribution is 5.74. The average molecular weight is 224 g/mol. The van der Waals surface area contributed by atoms with Crippen molar-refractivity contribution in [3.63, 3.8) is 0 Å². The Bertz CT molecular complexity index is 349. The molecular formula is C12H16O4. The molecular weight excluding hydrogens is 208 g/mol. The number of carbonyl (C=O) groups excluding carboxylic acids is 1. The van der Waals surface area contributed by atoms with Crippen LogP contribution in [0.1, 0.15) is 12.5 Å². The lowest BCUT2D eigenvalue weighted by atomic mass is 10.1. The summed E-state index contributed by atoms with van der Waals surface area (Å²) in [5.74, 6) is 0.191. The van der Waals surface area contributed by atoms with Gasteiger partial charge in [0.25, 0.3) is 0 Å². The average Bonchev–Trinajstić information content (AvgIpc) is 2.29. The number of carbonyl (C=O) groups is 1. The summed E-state index contributed by atoms with van der Waals surface area (Å²) in [7, 11) is 1.32. The normalized spacial score (nSPS) is 11.9. The van der Waals surface area contributed by atoms with Crippen molar-refractivity contribution in [3.8, 4) is 5.75 Å². The van der Waals surface area contributed by atoms with Gasteiger partial charge in [-0.1, -0.05) is 12.1 Å². The molecule has 0 amide bonds. The van der Waals surface area contributed by atoms with Gasteiger partial charge in [-0.05, 0) is 31.0 Å². The molecule has 0 unspecified atom stereocenters. The quantitative estimate of drug-likeness (QED) is 0.762. The Kier molecular flexibility index (Phi) is 4.79. The first-order valence-corrected chi connectivity index (χ1v) is 5.11. The van der Waals surface area contributed by atoms with Crippen molar-refractivity contribution in [1.29, 1.82) is 0 Å². The third-order valence-corrected chi connectivity index (χ3v) is 2.14. The number of aliphatic hydroxyl groups excluding tert-OH is 1. The molecule has 0 saturated carbocycles. The fourth-order valence-corrected chi connectivity index (χ4v) is 1.32. The van der Waals surface area contributed by atoms with E-state index in [1.54, 1.807) is 19.1 Å². The molecule has 0 radical (unpaired) electrons. The van der Waals surface area contributed by atoms with Gasteiger partial charge in [0.05, 0.1) is 7.11 Å². The molecule has 4 nitrogen and oxygen atoms in total. The Morgan fingerprint density at radius 1 is 1.50 bits per heavy atom. The molecule has 0 bridgehead atoms. The predicted molar refractivity (Wildman–Crippen MR) is 59.3 cm³/mol. The lowest BCUT2D eigenvalue weighted by Gasteiger charge is -2.12. The van der Waals surface area contributed by atoms with E-state index >= 15 is 0 Å². The number of hydrogen-bond donors (Lipinski definition) is 1. The van der Waals surface area contributed by atoms with E-state index < -0.39 is 12.1 Å². The molecule has 88 valence electrons. The number of esters is 1. The second-order valence-electron chi connectivity index (χ2n) is 3.40. The summed E-state index contributed by atoms with van der Waals surface area (Å²) in [6.07, 6.45) is -0.0570. The van der Waals surface area contributed by atoms with Crippen molar-refractivity contribution in [1.82, 2.24) is 0 Å². The maximum Gasteiger partial charge on any atom is 0.346 e. The third-order valence-electron chi connectivity index (χ3n) is 2.14. The van der Waals surface area contributed by atoms with Gasteiger partial charge in [-0.3, -0.25) is 0 Å². The van der Waals surface area contributed by atoms with Crippen LogP contribution in [-0.2, 0) is 16.0 Å². The standard InChI is InChI=1S/C12H16O4/c1-9(12(14)15-2)16-11-5-3-4-10(8-11)6-7-13/h3-5,8-9,13H,6-7H2,1-2H3/t9-/m1/s1. The van der Waals surface area contributed by atoms with E-state index in [-0.39, 0.29) is 6.61 Å². The van der Waals surface area contributed by atoms with Gasteiger partial charge < -0.3 is 14.6 Å². The molecule has 1 N–H and O–H groups in total. The number of ether oxygens (including phenoxy) is 2. The summed E-state index contributed by atoms with van der Waals surface area (Å²) in [5.41, 5.74) is 0.970. The first-order valence-electron chi connectivity index (χ1n) is 5.11. The highest BCUT2D eigenvalue weighted by Crippen LogP contribution is 2.15. The van der Waals surface area contributed by atoms with Gasteiger partial charge >= 0.3 is 5.97 Å². The summed E-state index contributed by atoms with van der Waals surface area (Å²) in [6, 6.07) is 7.28. The number of rotatable bonds is 5. The molecule has 0 aliphatic heterocycles. The zero-order valence-corrected chi connectivity index (χ0v) is 9.47. The van der Waals surface area contributed by atoms with Crippen LogP contribution in [0.25, 0.3) is 0 Å². The lowest BCUT2D eigenvalue weighted by Crippen LogP contribution is -2.24. The van der Waals surface area contributed by atoms with Gasteiger partial charge in [0.15, 0.2) is 6.10 Å². The molecule has 16 heavy (non-hydrogen) atoms. The first-order chi connectivity index (χ1) is 7.67. The van der Waals surface area contributed by atoms with Crippen LogP contribution in [-0.4, -0.2) is 30.9 Å². The Labute approximate surface area is 94.8 Å². The second kappa shape index (κ2) is 6.12. The molecule has 0 aliphatic carbocycles. The topological polar surface area (TPSA) is 55.8 Å². The number of aliphatic hydroxyl groups is 1. The van der Waals surface area contributed by atoms with Gasteiger partial charge in [0.1, 0.15) is 5.75 Å². The van der Waals surface area contributed by atoms with Crippen LogP contribution in [0.4, 0.5) is 0 Å². The molecule has 0 aliphatic rings.